The van der Waals surface area contributed by atoms with Crippen molar-refractivity contribution < 1.29 is 19.1 Å². The second-order valence-electron chi connectivity index (χ2n) is 3.89. The molecule has 6 nitrogen and oxygen atoms in total. The average Bonchev–Trinajstić information content (AvgIpc) is 2.26. The Balaban J connectivity index is 2.64. The Kier molecular flexibility index (Phi) is 3.33. The van der Waals surface area contributed by atoms with Crippen LogP contribution in [-0.4, -0.2) is 16.9 Å². The van der Waals surface area contributed by atoms with Gasteiger partial charge in [0.1, 0.15) is 11.5 Å². The van der Waals surface area contributed by atoms with Crippen LogP contribution in [0.3, 0.4) is 0 Å². The molecule has 0 atom stereocenters. The molecular formula is C13H11NO5. The molecular weight excluding hydrogens is 250 g/mol. The third kappa shape index (κ3) is 2.98. The largest absolute Gasteiger partial charge is 0.427 e. The Morgan fingerprint density at radius 3 is 2.37 bits per heavy atom. The summed E-state index contributed by atoms with van der Waals surface area (Å²) >= 11 is 0. The molecule has 1 aromatic carbocycles. The van der Waals surface area contributed by atoms with Gasteiger partial charge in [-0.15, -0.1) is 0 Å². The number of esters is 2. The minimum atomic E-state index is -0.508. The number of carbonyl (C=O) groups is 2. The zero-order chi connectivity index (χ0) is 14.0. The summed E-state index contributed by atoms with van der Waals surface area (Å²) in [6.07, 6.45) is 0. The van der Waals surface area contributed by atoms with Crippen molar-refractivity contribution in [3.63, 3.8) is 0 Å². The van der Waals surface area contributed by atoms with Crippen molar-refractivity contribution in [2.75, 3.05) is 0 Å². The molecule has 1 heterocycles. The number of benzene rings is 1. The minimum Gasteiger partial charge on any atom is -0.427 e. The fourth-order valence-corrected chi connectivity index (χ4v) is 1.67. The third-order valence-corrected chi connectivity index (χ3v) is 2.29. The van der Waals surface area contributed by atoms with Gasteiger partial charge in [-0.3, -0.25) is 14.4 Å². The lowest BCUT2D eigenvalue weighted by molar-refractivity contribution is -0.132. The van der Waals surface area contributed by atoms with Gasteiger partial charge in [-0.2, -0.15) is 0 Å². The monoisotopic (exact) mass is 261 g/mol. The fraction of sp³-hybridized carbons (Fsp3) is 0.154. The van der Waals surface area contributed by atoms with Crippen molar-refractivity contribution >= 4 is 22.8 Å². The molecule has 0 amide bonds. The standard InChI is InChI=1S/C13H11NO5/c1-7(15)18-9-5-11-10(3-4-13(17)14-11)12(6-9)19-8(2)16/h3-6H,1-2H3,(H,14,17). The van der Waals surface area contributed by atoms with E-state index in [9.17, 15) is 14.4 Å². The van der Waals surface area contributed by atoms with Crippen LogP contribution in [0.1, 0.15) is 13.8 Å². The highest BCUT2D eigenvalue weighted by atomic mass is 16.5. The van der Waals surface area contributed by atoms with E-state index < -0.39 is 11.9 Å². The number of rotatable bonds is 2. The first-order chi connectivity index (χ1) is 8.95. The van der Waals surface area contributed by atoms with Crippen LogP contribution >= 0.6 is 0 Å². The summed E-state index contributed by atoms with van der Waals surface area (Å²) in [5, 5.41) is 0.547. The highest BCUT2D eigenvalue weighted by Gasteiger charge is 2.10. The van der Waals surface area contributed by atoms with Crippen molar-refractivity contribution in [1.29, 1.82) is 0 Å². The van der Waals surface area contributed by atoms with Gasteiger partial charge in [0.25, 0.3) is 0 Å². The van der Waals surface area contributed by atoms with E-state index in [4.69, 9.17) is 9.47 Å². The Hall–Kier alpha value is -2.63. The van der Waals surface area contributed by atoms with E-state index >= 15 is 0 Å². The molecule has 0 aliphatic rings. The topological polar surface area (TPSA) is 85.5 Å². The Morgan fingerprint density at radius 2 is 1.74 bits per heavy atom. The normalized spacial score (nSPS) is 10.2. The number of hydrogen-bond acceptors (Lipinski definition) is 5. The van der Waals surface area contributed by atoms with E-state index in [1.54, 1.807) is 0 Å². The molecule has 0 saturated carbocycles. The number of fused-ring (bicyclic) bond motifs is 1. The highest BCUT2D eigenvalue weighted by molar-refractivity contribution is 5.89. The third-order valence-electron chi connectivity index (χ3n) is 2.29. The summed E-state index contributed by atoms with van der Waals surface area (Å²) in [5.41, 5.74) is 0.115. The predicted octanol–water partition coefficient (Wildman–Crippen LogP) is 1.38. The molecule has 1 N–H and O–H groups in total. The molecule has 0 spiro atoms. The van der Waals surface area contributed by atoms with E-state index in [1.807, 2.05) is 0 Å². The summed E-state index contributed by atoms with van der Waals surface area (Å²) in [6, 6.07) is 5.76. The van der Waals surface area contributed by atoms with Gasteiger partial charge in [0.2, 0.25) is 5.56 Å². The number of ether oxygens (including phenoxy) is 2. The molecule has 0 radical (unpaired) electrons. The Labute approximate surface area is 108 Å². The molecule has 0 aliphatic carbocycles. The first-order valence-electron chi connectivity index (χ1n) is 5.49. The number of pyridine rings is 1. The summed E-state index contributed by atoms with van der Waals surface area (Å²) in [7, 11) is 0. The van der Waals surface area contributed by atoms with Crippen molar-refractivity contribution in [3.8, 4) is 11.5 Å². The molecule has 0 aliphatic heterocycles. The molecule has 0 saturated heterocycles. The van der Waals surface area contributed by atoms with E-state index in [-0.39, 0.29) is 17.1 Å². The Bertz CT molecular complexity index is 717. The van der Waals surface area contributed by atoms with E-state index in [1.165, 1.54) is 38.1 Å². The van der Waals surface area contributed by atoms with Gasteiger partial charge in [0, 0.05) is 37.4 Å². The van der Waals surface area contributed by atoms with Crippen LogP contribution < -0.4 is 15.0 Å². The number of aromatic nitrogens is 1. The molecule has 1 aromatic heterocycles. The van der Waals surface area contributed by atoms with Crippen LogP contribution in [0.5, 0.6) is 11.5 Å². The van der Waals surface area contributed by atoms with Crippen LogP contribution in [-0.2, 0) is 9.59 Å². The lowest BCUT2D eigenvalue weighted by Crippen LogP contribution is -2.07. The van der Waals surface area contributed by atoms with Crippen LogP contribution in [0.2, 0.25) is 0 Å². The number of hydrogen-bond donors (Lipinski definition) is 1. The van der Waals surface area contributed by atoms with Gasteiger partial charge in [-0.25, -0.2) is 0 Å². The molecule has 0 fully saturated rings. The summed E-state index contributed by atoms with van der Waals surface area (Å²) in [5.74, 6) is -0.602. The summed E-state index contributed by atoms with van der Waals surface area (Å²) in [4.78, 5) is 35.9. The second-order valence-corrected chi connectivity index (χ2v) is 3.89. The lowest BCUT2D eigenvalue weighted by Gasteiger charge is -2.09. The van der Waals surface area contributed by atoms with Crippen LogP contribution in [0.4, 0.5) is 0 Å². The minimum absolute atomic E-state index is 0.193. The molecule has 6 heteroatoms. The fourth-order valence-electron chi connectivity index (χ4n) is 1.67. The highest BCUT2D eigenvalue weighted by Crippen LogP contribution is 2.29. The van der Waals surface area contributed by atoms with Crippen molar-refractivity contribution in [2.45, 2.75) is 13.8 Å². The molecule has 0 bridgehead atoms. The number of carbonyl (C=O) groups excluding carboxylic acids is 2. The van der Waals surface area contributed by atoms with Gasteiger partial charge >= 0.3 is 11.9 Å². The molecule has 2 rings (SSSR count). The van der Waals surface area contributed by atoms with Crippen LogP contribution in [0.25, 0.3) is 10.9 Å². The maximum Gasteiger partial charge on any atom is 0.308 e. The zero-order valence-electron chi connectivity index (χ0n) is 10.4. The van der Waals surface area contributed by atoms with E-state index in [0.29, 0.717) is 10.9 Å². The smallest absolute Gasteiger partial charge is 0.308 e. The first-order valence-corrected chi connectivity index (χ1v) is 5.49. The van der Waals surface area contributed by atoms with Gasteiger partial charge in [0.05, 0.1) is 5.52 Å². The van der Waals surface area contributed by atoms with Crippen LogP contribution in [0.15, 0.2) is 29.1 Å². The quantitative estimate of drug-likeness (QED) is 0.652. The number of aromatic amines is 1. The van der Waals surface area contributed by atoms with Crippen LogP contribution in [0, 0.1) is 0 Å². The van der Waals surface area contributed by atoms with Crippen molar-refractivity contribution in [3.05, 3.63) is 34.6 Å². The molecule has 19 heavy (non-hydrogen) atoms. The Morgan fingerprint density at radius 1 is 1.05 bits per heavy atom. The predicted molar refractivity (Wildman–Crippen MR) is 67.2 cm³/mol. The molecule has 98 valence electrons. The first kappa shape index (κ1) is 12.8. The summed E-state index contributed by atoms with van der Waals surface area (Å²) < 4.78 is 9.97. The summed E-state index contributed by atoms with van der Waals surface area (Å²) in [6.45, 7) is 2.51. The molecule has 0 unspecified atom stereocenters. The second kappa shape index (κ2) is 4.93. The van der Waals surface area contributed by atoms with Gasteiger partial charge in [-0.05, 0) is 6.07 Å². The maximum absolute atomic E-state index is 11.3. The van der Waals surface area contributed by atoms with Gasteiger partial charge in [0.15, 0.2) is 0 Å². The van der Waals surface area contributed by atoms with E-state index in [2.05, 4.69) is 4.98 Å². The van der Waals surface area contributed by atoms with Crippen molar-refractivity contribution in [2.24, 2.45) is 0 Å². The molecule has 2 aromatic rings. The van der Waals surface area contributed by atoms with Gasteiger partial charge in [-0.1, -0.05) is 0 Å². The number of nitrogens with one attached hydrogen (secondary N) is 1. The zero-order valence-corrected chi connectivity index (χ0v) is 10.4. The average molecular weight is 261 g/mol. The van der Waals surface area contributed by atoms with E-state index in [0.717, 1.165) is 0 Å². The SMILES string of the molecule is CC(=O)Oc1cc(OC(C)=O)c2ccc(=O)[nH]c2c1. The lowest BCUT2D eigenvalue weighted by atomic mass is 10.2. The maximum atomic E-state index is 11.3. The van der Waals surface area contributed by atoms with Crippen molar-refractivity contribution in [1.82, 2.24) is 4.98 Å². The number of H-pyrrole nitrogens is 1. The van der Waals surface area contributed by atoms with Gasteiger partial charge < -0.3 is 14.5 Å².